The molecule has 1 heterocycles. The van der Waals surface area contributed by atoms with Crippen molar-refractivity contribution >= 4 is 36.7 Å². The third-order valence-electron chi connectivity index (χ3n) is 2.69. The fourth-order valence-electron chi connectivity index (χ4n) is 1.55. The number of halogens is 5. The molecule has 0 aliphatic carbocycles. The molecule has 0 aliphatic rings. The van der Waals surface area contributed by atoms with Crippen LogP contribution in [0.4, 0.5) is 24.6 Å². The van der Waals surface area contributed by atoms with Crippen LogP contribution < -0.4 is 4.31 Å². The Balaban J connectivity index is 2.55. The Morgan fingerprint density at radius 1 is 1.13 bits per heavy atom. The minimum atomic E-state index is -9.97. The number of aryl methyl sites for hydroxylation is 1. The van der Waals surface area contributed by atoms with Gasteiger partial charge in [0.15, 0.2) is 0 Å². The van der Waals surface area contributed by atoms with Crippen molar-refractivity contribution in [3.63, 3.8) is 0 Å². The molecule has 2 aromatic rings. The Hall–Kier alpha value is -1.47. The summed E-state index contributed by atoms with van der Waals surface area (Å²) < 4.78 is 89.2. The monoisotopic (exact) mass is 395 g/mol. The summed E-state index contributed by atoms with van der Waals surface area (Å²) in [7, 11) is -13.4. The number of nitrogens with zero attached hydrogens (tertiary/aromatic N) is 3. The molecule has 2 rings (SSSR count). The number of hydrogen-bond acceptors (Lipinski definition) is 5. The van der Waals surface area contributed by atoms with E-state index in [4.69, 9.17) is 0 Å². The van der Waals surface area contributed by atoms with Crippen molar-refractivity contribution in [1.82, 2.24) is 10.2 Å². The summed E-state index contributed by atoms with van der Waals surface area (Å²) in [6.07, 6.45) is 0. The molecule has 1 aromatic heterocycles. The molecule has 0 spiro atoms. The zero-order chi connectivity index (χ0) is 17.7. The summed E-state index contributed by atoms with van der Waals surface area (Å²) in [6.45, 7) is 1.55. The van der Waals surface area contributed by atoms with E-state index in [9.17, 15) is 27.8 Å². The fourth-order valence-corrected chi connectivity index (χ4v) is 4.36. The summed E-state index contributed by atoms with van der Waals surface area (Å²) >= 11 is 0.887. The Kier molecular flexibility index (Phi) is 3.53. The SMILES string of the molecule is Cc1nnc(N(C)S(=O)(=O)c2cccc(S(F)(F)(F)(F)F)c2)s1. The first-order valence-electron chi connectivity index (χ1n) is 5.74. The first-order chi connectivity index (χ1) is 10.1. The van der Waals surface area contributed by atoms with E-state index in [0.29, 0.717) is 15.4 Å². The molecule has 5 nitrogen and oxygen atoms in total. The molecule has 0 aliphatic heterocycles. The smallest absolute Gasteiger partial charge is 0.243 e. The van der Waals surface area contributed by atoms with Gasteiger partial charge in [-0.1, -0.05) is 36.8 Å². The second-order valence-electron chi connectivity index (χ2n) is 4.52. The highest BCUT2D eigenvalue weighted by Gasteiger charge is 2.65. The number of benzene rings is 1. The predicted molar refractivity (Wildman–Crippen MR) is 78.1 cm³/mol. The van der Waals surface area contributed by atoms with Gasteiger partial charge in [-0.15, -0.1) is 10.2 Å². The molecule has 1 aromatic carbocycles. The normalized spacial score (nSPS) is 15.8. The van der Waals surface area contributed by atoms with E-state index >= 15 is 0 Å². The van der Waals surface area contributed by atoms with E-state index in [2.05, 4.69) is 10.2 Å². The lowest BCUT2D eigenvalue weighted by Gasteiger charge is -2.40. The minimum Gasteiger partial charge on any atom is -0.243 e. The van der Waals surface area contributed by atoms with E-state index in [-0.39, 0.29) is 17.3 Å². The van der Waals surface area contributed by atoms with Gasteiger partial charge in [0.05, 0.1) is 4.90 Å². The van der Waals surface area contributed by atoms with Gasteiger partial charge in [-0.2, -0.15) is 0 Å². The Bertz CT molecular complexity index is 864. The summed E-state index contributed by atoms with van der Waals surface area (Å²) in [5, 5.41) is 7.49. The fraction of sp³-hybridized carbons (Fsp3) is 0.200. The number of aromatic nitrogens is 2. The van der Waals surface area contributed by atoms with Crippen molar-refractivity contribution in [1.29, 1.82) is 0 Å². The molecule has 0 bridgehead atoms. The average molecular weight is 395 g/mol. The summed E-state index contributed by atoms with van der Waals surface area (Å²) in [4.78, 5) is -3.19. The second-order valence-corrected chi connectivity index (χ2v) is 10.1. The van der Waals surface area contributed by atoms with Gasteiger partial charge < -0.3 is 0 Å². The van der Waals surface area contributed by atoms with Gasteiger partial charge >= 0.3 is 10.2 Å². The van der Waals surface area contributed by atoms with Crippen molar-refractivity contribution < 1.29 is 27.8 Å². The number of sulfonamides is 1. The molecule has 0 amide bonds. The first kappa shape index (κ1) is 17.9. The van der Waals surface area contributed by atoms with Crippen molar-refractivity contribution in [2.75, 3.05) is 11.4 Å². The number of anilines is 1. The van der Waals surface area contributed by atoms with Gasteiger partial charge in [0, 0.05) is 7.05 Å². The third-order valence-corrected chi connectivity index (χ3v) is 6.61. The Morgan fingerprint density at radius 3 is 2.22 bits per heavy atom. The zero-order valence-corrected chi connectivity index (χ0v) is 14.0. The van der Waals surface area contributed by atoms with Gasteiger partial charge in [-0.25, -0.2) is 12.7 Å². The molecule has 0 saturated heterocycles. The average Bonchev–Trinajstić information content (AvgIpc) is 2.82. The van der Waals surface area contributed by atoms with Crippen LogP contribution in [-0.4, -0.2) is 25.7 Å². The quantitative estimate of drug-likeness (QED) is 0.723. The van der Waals surface area contributed by atoms with Gasteiger partial charge in [0.2, 0.25) is 5.13 Å². The molecular formula is C10H10F5N3O2S3. The molecular weight excluding hydrogens is 385 g/mol. The van der Waals surface area contributed by atoms with Gasteiger partial charge in [0.25, 0.3) is 10.0 Å². The van der Waals surface area contributed by atoms with Crippen LogP contribution in [0, 0.1) is 6.92 Å². The molecule has 130 valence electrons. The topological polar surface area (TPSA) is 63.2 Å². The summed E-state index contributed by atoms with van der Waals surface area (Å²) in [5.74, 6) is 0. The minimum absolute atomic E-state index is 0.0821. The second kappa shape index (κ2) is 4.54. The van der Waals surface area contributed by atoms with Crippen LogP contribution in [0.1, 0.15) is 5.01 Å². The Morgan fingerprint density at radius 2 is 1.74 bits per heavy atom. The predicted octanol–water partition coefficient (Wildman–Crippen LogP) is 4.33. The summed E-state index contributed by atoms with van der Waals surface area (Å²) in [6, 6.07) is 1.46. The lowest BCUT2D eigenvalue weighted by atomic mass is 10.4. The van der Waals surface area contributed by atoms with E-state index in [0.717, 1.165) is 24.5 Å². The lowest BCUT2D eigenvalue weighted by molar-refractivity contribution is 0.363. The van der Waals surface area contributed by atoms with E-state index in [1.54, 1.807) is 6.92 Å². The highest BCUT2D eigenvalue weighted by atomic mass is 32.5. The number of rotatable bonds is 4. The van der Waals surface area contributed by atoms with Crippen molar-refractivity contribution in [2.45, 2.75) is 16.7 Å². The van der Waals surface area contributed by atoms with Crippen LogP contribution in [0.25, 0.3) is 0 Å². The van der Waals surface area contributed by atoms with Gasteiger partial charge in [-0.05, 0) is 25.1 Å². The van der Waals surface area contributed by atoms with Crippen LogP contribution in [0.15, 0.2) is 34.1 Å². The third kappa shape index (κ3) is 3.72. The summed E-state index contributed by atoms with van der Waals surface area (Å²) in [5.41, 5.74) is 0. The molecule has 0 fully saturated rings. The largest absolute Gasteiger partial charge is 0.310 e. The van der Waals surface area contributed by atoms with Crippen molar-refractivity contribution in [3.8, 4) is 0 Å². The maximum absolute atomic E-state index is 12.8. The van der Waals surface area contributed by atoms with Crippen LogP contribution in [0.3, 0.4) is 0 Å². The van der Waals surface area contributed by atoms with Gasteiger partial charge in [-0.3, -0.25) is 0 Å². The Labute approximate surface area is 132 Å². The van der Waals surface area contributed by atoms with E-state index in [1.807, 2.05) is 0 Å². The standard InChI is InChI=1S/C10H10F5N3O2S3/c1-7-16-17-10(21-7)18(2)22(19,20)8-4-3-5-9(6-8)23(11,12,13,14)15/h3-6H,1-2H3. The van der Waals surface area contributed by atoms with Crippen molar-refractivity contribution in [3.05, 3.63) is 29.3 Å². The molecule has 23 heavy (non-hydrogen) atoms. The highest BCUT2D eigenvalue weighted by Crippen LogP contribution is 3.02. The molecule has 0 N–H and O–H groups in total. The highest BCUT2D eigenvalue weighted by molar-refractivity contribution is 8.45. The van der Waals surface area contributed by atoms with Crippen LogP contribution in [0.2, 0.25) is 0 Å². The van der Waals surface area contributed by atoms with Gasteiger partial charge in [0.1, 0.15) is 9.90 Å². The molecule has 13 heteroatoms. The van der Waals surface area contributed by atoms with Crippen LogP contribution >= 0.6 is 21.6 Å². The maximum Gasteiger partial charge on any atom is 0.310 e. The number of hydrogen-bond donors (Lipinski definition) is 0. The maximum atomic E-state index is 12.8. The molecule has 0 saturated carbocycles. The first-order valence-corrected chi connectivity index (χ1v) is 9.95. The zero-order valence-electron chi connectivity index (χ0n) is 11.6. The molecule has 0 atom stereocenters. The van der Waals surface area contributed by atoms with E-state index in [1.165, 1.54) is 0 Å². The van der Waals surface area contributed by atoms with Crippen LogP contribution in [-0.2, 0) is 10.0 Å². The van der Waals surface area contributed by atoms with Crippen molar-refractivity contribution in [2.24, 2.45) is 0 Å². The molecule has 0 unspecified atom stereocenters. The molecule has 0 radical (unpaired) electrons. The van der Waals surface area contributed by atoms with E-state index < -0.39 is 30.0 Å². The lowest BCUT2D eigenvalue weighted by Crippen LogP contribution is -2.26. The van der Waals surface area contributed by atoms with Crippen LogP contribution in [0.5, 0.6) is 0 Å².